The van der Waals surface area contributed by atoms with Gasteiger partial charge in [0, 0.05) is 18.0 Å². The number of nitrogens with zero attached hydrogens (tertiary/aromatic N) is 1. The Kier molecular flexibility index (Phi) is 5.99. The van der Waals surface area contributed by atoms with E-state index < -0.39 is 6.04 Å². The van der Waals surface area contributed by atoms with E-state index in [0.717, 1.165) is 17.9 Å². The van der Waals surface area contributed by atoms with E-state index in [9.17, 15) is 9.59 Å². The highest BCUT2D eigenvalue weighted by atomic mass is 32.2. The number of thioether (sulfide) groups is 1. The molecule has 3 rings (SSSR count). The first-order valence-corrected chi connectivity index (χ1v) is 10.0. The second kappa shape index (κ2) is 8.41. The van der Waals surface area contributed by atoms with Gasteiger partial charge in [0.25, 0.3) is 0 Å². The number of amides is 2. The van der Waals surface area contributed by atoms with Gasteiger partial charge in [-0.15, -0.1) is 11.8 Å². The maximum absolute atomic E-state index is 12.7. The van der Waals surface area contributed by atoms with Crippen LogP contribution in [0.25, 0.3) is 0 Å². The Balaban J connectivity index is 1.47. The van der Waals surface area contributed by atoms with Gasteiger partial charge in [-0.2, -0.15) is 0 Å². The lowest BCUT2D eigenvalue weighted by atomic mass is 10.2. The molecule has 2 aromatic rings. The van der Waals surface area contributed by atoms with Crippen LogP contribution in [0.2, 0.25) is 0 Å². The summed E-state index contributed by atoms with van der Waals surface area (Å²) in [7, 11) is 0. The summed E-state index contributed by atoms with van der Waals surface area (Å²) in [6.07, 6.45) is 0.870. The van der Waals surface area contributed by atoms with Crippen LogP contribution in [-0.2, 0) is 21.8 Å². The van der Waals surface area contributed by atoms with Gasteiger partial charge in [0.05, 0.1) is 5.75 Å². The molecule has 0 saturated heterocycles. The zero-order valence-corrected chi connectivity index (χ0v) is 16.0. The predicted molar refractivity (Wildman–Crippen MR) is 107 cm³/mol. The summed E-state index contributed by atoms with van der Waals surface area (Å²) in [5.41, 5.74) is 4.58. The molecule has 0 radical (unpaired) electrons. The van der Waals surface area contributed by atoms with Crippen LogP contribution in [0.5, 0.6) is 0 Å². The predicted octanol–water partition coefficient (Wildman–Crippen LogP) is 3.32. The van der Waals surface area contributed by atoms with Gasteiger partial charge in [-0.25, -0.2) is 0 Å². The molecule has 5 heteroatoms. The molecule has 1 atom stereocenters. The summed E-state index contributed by atoms with van der Waals surface area (Å²) in [5, 5.41) is 2.83. The maximum Gasteiger partial charge on any atom is 0.249 e. The first-order chi connectivity index (χ1) is 12.5. The van der Waals surface area contributed by atoms with E-state index in [2.05, 4.69) is 36.5 Å². The van der Waals surface area contributed by atoms with Crippen LogP contribution in [0.4, 0.5) is 5.69 Å². The Labute approximate surface area is 159 Å². The van der Waals surface area contributed by atoms with Crippen LogP contribution in [0, 0.1) is 6.92 Å². The summed E-state index contributed by atoms with van der Waals surface area (Å²) in [6.45, 7) is 4.49. The molecule has 0 bridgehead atoms. The quantitative estimate of drug-likeness (QED) is 0.851. The number of rotatable bonds is 6. The molecule has 0 fully saturated rings. The van der Waals surface area contributed by atoms with Crippen molar-refractivity contribution >= 4 is 29.3 Å². The molecule has 1 N–H and O–H groups in total. The fraction of sp³-hybridized carbons (Fsp3) is 0.333. The largest absolute Gasteiger partial charge is 0.344 e. The highest BCUT2D eigenvalue weighted by molar-refractivity contribution is 7.99. The fourth-order valence-electron chi connectivity index (χ4n) is 3.09. The van der Waals surface area contributed by atoms with E-state index in [0.29, 0.717) is 12.3 Å². The molecule has 136 valence electrons. The van der Waals surface area contributed by atoms with E-state index in [4.69, 9.17) is 0 Å². The summed E-state index contributed by atoms with van der Waals surface area (Å²) < 4.78 is 0. The minimum Gasteiger partial charge on any atom is -0.344 e. The van der Waals surface area contributed by atoms with Crippen LogP contribution in [0.3, 0.4) is 0 Å². The Morgan fingerprint density at radius 3 is 2.65 bits per heavy atom. The molecule has 26 heavy (non-hydrogen) atoms. The van der Waals surface area contributed by atoms with Crippen molar-refractivity contribution in [3.05, 3.63) is 65.2 Å². The fourth-order valence-corrected chi connectivity index (χ4v) is 3.89. The lowest BCUT2D eigenvalue weighted by molar-refractivity contribution is -0.125. The molecule has 0 aromatic heterocycles. The second-order valence-corrected chi connectivity index (χ2v) is 7.62. The van der Waals surface area contributed by atoms with E-state index in [1.165, 1.54) is 16.7 Å². The number of para-hydroxylation sites is 1. The van der Waals surface area contributed by atoms with Gasteiger partial charge in [-0.3, -0.25) is 9.59 Å². The van der Waals surface area contributed by atoms with Crippen molar-refractivity contribution in [2.45, 2.75) is 32.1 Å². The molecule has 1 heterocycles. The lowest BCUT2D eigenvalue weighted by Crippen LogP contribution is -2.47. The molecule has 0 saturated carbocycles. The van der Waals surface area contributed by atoms with E-state index in [-0.39, 0.29) is 11.8 Å². The number of fused-ring (bicyclic) bond motifs is 1. The number of hydrogen-bond donors (Lipinski definition) is 1. The minimum absolute atomic E-state index is 0.0492. The molecule has 1 aliphatic rings. The van der Waals surface area contributed by atoms with Crippen LogP contribution >= 0.6 is 11.8 Å². The molecular formula is C21H24N2O2S. The van der Waals surface area contributed by atoms with Gasteiger partial charge in [-0.05, 0) is 37.5 Å². The van der Waals surface area contributed by atoms with Gasteiger partial charge in [0.15, 0.2) is 0 Å². The van der Waals surface area contributed by atoms with Crippen LogP contribution in [0.15, 0.2) is 48.5 Å². The SMILES string of the molecule is Cc1ccc(CSCC(=O)NC(C)C(=O)N2CCc3ccccc32)cc1. The monoisotopic (exact) mass is 368 g/mol. The first kappa shape index (κ1) is 18.5. The highest BCUT2D eigenvalue weighted by Crippen LogP contribution is 2.27. The van der Waals surface area contributed by atoms with Crippen molar-refractivity contribution in [2.75, 3.05) is 17.2 Å². The number of anilines is 1. The Bertz CT molecular complexity index is 789. The van der Waals surface area contributed by atoms with Gasteiger partial charge in [-0.1, -0.05) is 48.0 Å². The first-order valence-electron chi connectivity index (χ1n) is 8.86. The van der Waals surface area contributed by atoms with Crippen LogP contribution in [-0.4, -0.2) is 30.2 Å². The summed E-state index contributed by atoms with van der Waals surface area (Å²) in [5.74, 6) is 0.986. The topological polar surface area (TPSA) is 49.4 Å². The number of carbonyl (C=O) groups is 2. The molecule has 2 aromatic carbocycles. The summed E-state index contributed by atoms with van der Waals surface area (Å²) >= 11 is 1.56. The van der Waals surface area contributed by atoms with Gasteiger partial charge >= 0.3 is 0 Å². The zero-order chi connectivity index (χ0) is 18.5. The van der Waals surface area contributed by atoms with Crippen molar-refractivity contribution in [3.8, 4) is 0 Å². The Morgan fingerprint density at radius 1 is 1.15 bits per heavy atom. The van der Waals surface area contributed by atoms with Crippen molar-refractivity contribution in [3.63, 3.8) is 0 Å². The van der Waals surface area contributed by atoms with Crippen LogP contribution in [0.1, 0.15) is 23.6 Å². The van der Waals surface area contributed by atoms with Crippen molar-refractivity contribution in [1.82, 2.24) is 5.32 Å². The number of hydrogen-bond acceptors (Lipinski definition) is 3. The molecule has 4 nitrogen and oxygen atoms in total. The molecular weight excluding hydrogens is 344 g/mol. The molecule has 0 spiro atoms. The molecule has 1 unspecified atom stereocenters. The lowest BCUT2D eigenvalue weighted by Gasteiger charge is -2.22. The smallest absolute Gasteiger partial charge is 0.249 e. The third-order valence-electron chi connectivity index (χ3n) is 4.52. The minimum atomic E-state index is -0.520. The van der Waals surface area contributed by atoms with Gasteiger partial charge < -0.3 is 10.2 Å². The normalized spacial score (nSPS) is 14.0. The number of benzene rings is 2. The Morgan fingerprint density at radius 2 is 1.88 bits per heavy atom. The van der Waals surface area contributed by atoms with E-state index >= 15 is 0 Å². The highest BCUT2D eigenvalue weighted by Gasteiger charge is 2.28. The second-order valence-electron chi connectivity index (χ2n) is 6.64. The maximum atomic E-state index is 12.7. The van der Waals surface area contributed by atoms with E-state index in [1.807, 2.05) is 24.3 Å². The number of carbonyl (C=O) groups excluding carboxylic acids is 2. The summed E-state index contributed by atoms with van der Waals surface area (Å²) in [6, 6.07) is 15.7. The number of nitrogens with one attached hydrogen (secondary N) is 1. The average Bonchev–Trinajstić information content (AvgIpc) is 3.06. The molecule has 2 amide bonds. The standard InChI is InChI=1S/C21H24N2O2S/c1-15-7-9-17(10-8-15)13-26-14-20(24)22-16(2)21(25)23-12-11-18-5-3-4-6-19(18)23/h3-10,16H,11-14H2,1-2H3,(H,22,24). The average molecular weight is 369 g/mol. The molecule has 1 aliphatic heterocycles. The third kappa shape index (κ3) is 4.47. The Hall–Kier alpha value is -2.27. The van der Waals surface area contributed by atoms with Crippen molar-refractivity contribution < 1.29 is 9.59 Å². The third-order valence-corrected chi connectivity index (χ3v) is 5.53. The molecule has 0 aliphatic carbocycles. The van der Waals surface area contributed by atoms with Crippen molar-refractivity contribution in [2.24, 2.45) is 0 Å². The van der Waals surface area contributed by atoms with Gasteiger partial charge in [0.1, 0.15) is 6.04 Å². The van der Waals surface area contributed by atoms with Crippen molar-refractivity contribution in [1.29, 1.82) is 0 Å². The summed E-state index contributed by atoms with van der Waals surface area (Å²) in [4.78, 5) is 26.6. The van der Waals surface area contributed by atoms with Crippen LogP contribution < -0.4 is 10.2 Å². The van der Waals surface area contributed by atoms with E-state index in [1.54, 1.807) is 23.6 Å². The van der Waals surface area contributed by atoms with Gasteiger partial charge in [0.2, 0.25) is 11.8 Å². The zero-order valence-electron chi connectivity index (χ0n) is 15.2. The number of aryl methyl sites for hydroxylation is 1.